The monoisotopic (exact) mass is 335 g/mol. The van der Waals surface area contributed by atoms with Crippen molar-refractivity contribution >= 4 is 22.4 Å². The van der Waals surface area contributed by atoms with Gasteiger partial charge in [-0.1, -0.05) is 23.5 Å². The minimum Gasteiger partial charge on any atom is -0.299 e. The van der Waals surface area contributed by atoms with E-state index in [2.05, 4.69) is 25.3 Å². The summed E-state index contributed by atoms with van der Waals surface area (Å²) >= 11 is 1.30. The summed E-state index contributed by atoms with van der Waals surface area (Å²) < 4.78 is 13.2. The lowest BCUT2D eigenvalue weighted by Crippen LogP contribution is -2.48. The molecule has 2 aromatic rings. The molecular formula is C15H18FN5OS. The number of benzene rings is 1. The summed E-state index contributed by atoms with van der Waals surface area (Å²) in [5.74, 6) is -0.269. The van der Waals surface area contributed by atoms with Crippen LogP contribution in [0.4, 0.5) is 9.52 Å². The van der Waals surface area contributed by atoms with Crippen LogP contribution in [0.5, 0.6) is 0 Å². The van der Waals surface area contributed by atoms with Crippen LogP contribution < -0.4 is 5.32 Å². The fourth-order valence-electron chi connectivity index (χ4n) is 2.59. The minimum atomic E-state index is -0.200. The number of amides is 1. The molecule has 0 saturated carbocycles. The minimum absolute atomic E-state index is 0.0691. The van der Waals surface area contributed by atoms with Gasteiger partial charge in [0.15, 0.2) is 0 Å². The maximum Gasteiger partial charge on any atom is 0.240 e. The molecule has 0 radical (unpaired) electrons. The summed E-state index contributed by atoms with van der Waals surface area (Å²) in [7, 11) is 0. The molecule has 1 fully saturated rings. The fraction of sp³-hybridized carbons (Fsp3) is 0.400. The van der Waals surface area contributed by atoms with Crippen LogP contribution in [0.2, 0.25) is 0 Å². The Morgan fingerprint density at radius 1 is 1.26 bits per heavy atom. The second-order valence-electron chi connectivity index (χ2n) is 5.47. The van der Waals surface area contributed by atoms with E-state index in [4.69, 9.17) is 0 Å². The first kappa shape index (κ1) is 16.0. The van der Waals surface area contributed by atoms with Crippen LogP contribution in [-0.2, 0) is 11.3 Å². The van der Waals surface area contributed by atoms with Crippen LogP contribution in [0.15, 0.2) is 29.8 Å². The third kappa shape index (κ3) is 4.78. The van der Waals surface area contributed by atoms with E-state index >= 15 is 0 Å². The van der Waals surface area contributed by atoms with Gasteiger partial charge in [-0.2, -0.15) is 0 Å². The van der Waals surface area contributed by atoms with Crippen molar-refractivity contribution in [2.24, 2.45) is 0 Å². The SMILES string of the molecule is O=C(CN1CCN(Cc2cccc(F)c2)CC1)Nc1nncs1. The molecule has 3 rings (SSSR count). The number of carbonyl (C=O) groups excluding carboxylic acids is 1. The summed E-state index contributed by atoms with van der Waals surface area (Å²) in [6.45, 7) is 4.46. The second kappa shape index (κ2) is 7.58. The highest BCUT2D eigenvalue weighted by Gasteiger charge is 2.19. The summed E-state index contributed by atoms with van der Waals surface area (Å²) in [5, 5.41) is 10.7. The van der Waals surface area contributed by atoms with E-state index in [0.717, 1.165) is 38.3 Å². The molecule has 1 aromatic heterocycles. The van der Waals surface area contributed by atoms with Crippen molar-refractivity contribution in [2.45, 2.75) is 6.54 Å². The van der Waals surface area contributed by atoms with Gasteiger partial charge in [-0.25, -0.2) is 4.39 Å². The van der Waals surface area contributed by atoms with Crippen molar-refractivity contribution in [3.63, 3.8) is 0 Å². The molecule has 122 valence electrons. The molecule has 0 spiro atoms. The van der Waals surface area contributed by atoms with Crippen molar-refractivity contribution in [1.82, 2.24) is 20.0 Å². The molecule has 0 aliphatic carbocycles. The molecular weight excluding hydrogens is 317 g/mol. The number of aromatic nitrogens is 2. The number of halogens is 1. The maximum atomic E-state index is 13.2. The lowest BCUT2D eigenvalue weighted by atomic mass is 10.2. The summed E-state index contributed by atoms with van der Waals surface area (Å²) in [6, 6.07) is 6.70. The third-order valence-electron chi connectivity index (χ3n) is 3.73. The first-order chi connectivity index (χ1) is 11.2. The Kier molecular flexibility index (Phi) is 5.27. The number of hydrogen-bond acceptors (Lipinski definition) is 6. The van der Waals surface area contributed by atoms with E-state index in [0.29, 0.717) is 11.7 Å². The van der Waals surface area contributed by atoms with Crippen LogP contribution in [0, 0.1) is 5.82 Å². The number of hydrogen-bond donors (Lipinski definition) is 1. The fourth-order valence-corrected chi connectivity index (χ4v) is 3.05. The molecule has 0 unspecified atom stereocenters. The molecule has 0 atom stereocenters. The third-order valence-corrected chi connectivity index (χ3v) is 4.34. The Morgan fingerprint density at radius 3 is 2.74 bits per heavy atom. The second-order valence-corrected chi connectivity index (χ2v) is 6.31. The Balaban J connectivity index is 1.42. The average molecular weight is 335 g/mol. The first-order valence-corrected chi connectivity index (χ1v) is 8.32. The summed E-state index contributed by atoms with van der Waals surface area (Å²) in [5.41, 5.74) is 2.56. The van der Waals surface area contributed by atoms with Crippen LogP contribution in [0.25, 0.3) is 0 Å². The van der Waals surface area contributed by atoms with Crippen molar-refractivity contribution < 1.29 is 9.18 Å². The number of nitrogens with one attached hydrogen (secondary N) is 1. The Hall–Kier alpha value is -1.90. The van der Waals surface area contributed by atoms with Crippen molar-refractivity contribution in [3.8, 4) is 0 Å². The quantitative estimate of drug-likeness (QED) is 0.896. The van der Waals surface area contributed by atoms with Crippen molar-refractivity contribution in [1.29, 1.82) is 0 Å². The molecule has 6 nitrogen and oxygen atoms in total. The normalized spacial score (nSPS) is 16.4. The van der Waals surface area contributed by atoms with Gasteiger partial charge in [0.2, 0.25) is 11.0 Å². The van der Waals surface area contributed by atoms with E-state index in [1.54, 1.807) is 17.6 Å². The molecule has 2 heterocycles. The smallest absolute Gasteiger partial charge is 0.240 e. The van der Waals surface area contributed by atoms with Gasteiger partial charge in [0.1, 0.15) is 11.3 Å². The Morgan fingerprint density at radius 2 is 2.04 bits per heavy atom. The molecule has 8 heteroatoms. The zero-order chi connectivity index (χ0) is 16.1. The highest BCUT2D eigenvalue weighted by atomic mass is 32.1. The average Bonchev–Trinajstić information content (AvgIpc) is 3.02. The Labute approximate surface area is 137 Å². The predicted octanol–water partition coefficient (Wildman–Crippen LogP) is 1.43. The molecule has 1 aliphatic rings. The van der Waals surface area contributed by atoms with E-state index in [-0.39, 0.29) is 11.7 Å². The molecule has 23 heavy (non-hydrogen) atoms. The van der Waals surface area contributed by atoms with E-state index < -0.39 is 0 Å². The molecule has 1 N–H and O–H groups in total. The molecule has 0 bridgehead atoms. The predicted molar refractivity (Wildman–Crippen MR) is 86.7 cm³/mol. The first-order valence-electron chi connectivity index (χ1n) is 7.44. The summed E-state index contributed by atoms with van der Waals surface area (Å²) in [4.78, 5) is 16.3. The van der Waals surface area contributed by atoms with Crippen molar-refractivity contribution in [3.05, 3.63) is 41.2 Å². The van der Waals surface area contributed by atoms with Gasteiger partial charge in [0, 0.05) is 32.7 Å². The zero-order valence-corrected chi connectivity index (χ0v) is 13.4. The van der Waals surface area contributed by atoms with E-state index in [1.807, 2.05) is 6.07 Å². The lowest BCUT2D eigenvalue weighted by Gasteiger charge is -2.34. The van der Waals surface area contributed by atoms with Gasteiger partial charge in [0.05, 0.1) is 6.54 Å². The molecule has 1 saturated heterocycles. The zero-order valence-electron chi connectivity index (χ0n) is 12.6. The largest absolute Gasteiger partial charge is 0.299 e. The Bertz CT molecular complexity index is 643. The van der Waals surface area contributed by atoms with Gasteiger partial charge in [-0.15, -0.1) is 10.2 Å². The van der Waals surface area contributed by atoms with Crippen LogP contribution >= 0.6 is 11.3 Å². The topological polar surface area (TPSA) is 61.4 Å². The number of nitrogens with zero attached hydrogens (tertiary/aromatic N) is 4. The van der Waals surface area contributed by atoms with Gasteiger partial charge in [-0.3, -0.25) is 19.9 Å². The van der Waals surface area contributed by atoms with E-state index in [1.165, 1.54) is 17.4 Å². The standard InChI is InChI=1S/C15H18FN5OS/c16-13-3-1-2-12(8-13)9-20-4-6-21(7-5-20)10-14(22)18-15-19-17-11-23-15/h1-3,8,11H,4-7,9-10H2,(H,18,19,22). The number of anilines is 1. The molecule has 1 aromatic carbocycles. The van der Waals surface area contributed by atoms with Crippen LogP contribution in [-0.4, -0.2) is 58.6 Å². The van der Waals surface area contributed by atoms with Gasteiger partial charge >= 0.3 is 0 Å². The van der Waals surface area contributed by atoms with E-state index in [9.17, 15) is 9.18 Å². The molecule has 1 amide bonds. The highest BCUT2D eigenvalue weighted by Crippen LogP contribution is 2.11. The number of piperazine rings is 1. The number of rotatable bonds is 5. The van der Waals surface area contributed by atoms with Gasteiger partial charge < -0.3 is 0 Å². The van der Waals surface area contributed by atoms with Crippen molar-refractivity contribution in [2.75, 3.05) is 38.0 Å². The van der Waals surface area contributed by atoms with Crippen LogP contribution in [0.1, 0.15) is 5.56 Å². The van der Waals surface area contributed by atoms with Gasteiger partial charge in [0.25, 0.3) is 0 Å². The number of carbonyl (C=O) groups is 1. The molecule has 1 aliphatic heterocycles. The summed E-state index contributed by atoms with van der Waals surface area (Å²) in [6.07, 6.45) is 0. The van der Waals surface area contributed by atoms with Crippen LogP contribution in [0.3, 0.4) is 0 Å². The highest BCUT2D eigenvalue weighted by molar-refractivity contribution is 7.13. The lowest BCUT2D eigenvalue weighted by molar-refractivity contribution is -0.117. The maximum absolute atomic E-state index is 13.2. The van der Waals surface area contributed by atoms with Gasteiger partial charge in [-0.05, 0) is 17.7 Å².